The molecule has 0 saturated carbocycles. The molecule has 4 nitrogen and oxygen atoms in total. The van der Waals surface area contributed by atoms with Gasteiger partial charge in [0.25, 0.3) is 0 Å². The van der Waals surface area contributed by atoms with Crippen molar-refractivity contribution >= 4 is 68.6 Å². The van der Waals surface area contributed by atoms with Gasteiger partial charge in [-0.05, 0) is 38.8 Å². The maximum atomic E-state index is 13.2. The number of anilines is 1. The smallest absolute Gasteiger partial charge is 0.346 e. The number of para-hydroxylation sites is 1. The second-order valence-corrected chi connectivity index (χ2v) is 11.2. The zero-order valence-corrected chi connectivity index (χ0v) is 22.2. The molecule has 0 spiro atoms. The summed E-state index contributed by atoms with van der Waals surface area (Å²) in [6.45, 7) is 8.13. The zero-order chi connectivity index (χ0) is 24.5. The van der Waals surface area contributed by atoms with E-state index in [1.54, 1.807) is 11.8 Å². The van der Waals surface area contributed by atoms with Crippen LogP contribution in [0, 0.1) is 0 Å². The Morgan fingerprint density at radius 1 is 1.00 bits per heavy atom. The van der Waals surface area contributed by atoms with Crippen LogP contribution in [0.2, 0.25) is 0 Å². The number of carbonyl (C=O) groups excluding carboxylic acids is 2. The molecular weight excluding hydrogens is 483 g/mol. The summed E-state index contributed by atoms with van der Waals surface area (Å²) in [4.78, 5) is 30.1. The van der Waals surface area contributed by atoms with Crippen molar-refractivity contribution in [2.45, 2.75) is 46.1 Å². The van der Waals surface area contributed by atoms with Gasteiger partial charge in [0.05, 0.1) is 26.9 Å². The fourth-order valence-electron chi connectivity index (χ4n) is 4.20. The summed E-state index contributed by atoms with van der Waals surface area (Å²) in [6.07, 6.45) is 1.23. The van der Waals surface area contributed by atoms with Crippen LogP contribution in [0.3, 0.4) is 0 Å². The fourth-order valence-corrected chi connectivity index (χ4v) is 7.33. The minimum atomic E-state index is -0.682. The summed E-state index contributed by atoms with van der Waals surface area (Å²) in [5, 5.41) is 0. The van der Waals surface area contributed by atoms with Gasteiger partial charge in [-0.25, -0.2) is 4.79 Å². The van der Waals surface area contributed by atoms with Crippen molar-refractivity contribution in [2.75, 3.05) is 11.5 Å². The number of ether oxygens (including phenoxy) is 1. The van der Waals surface area contributed by atoms with Crippen molar-refractivity contribution in [3.8, 4) is 0 Å². The predicted molar refractivity (Wildman–Crippen MR) is 148 cm³/mol. The second kappa shape index (κ2) is 10.1. The molecule has 0 aromatic heterocycles. The Balaban J connectivity index is 1.88. The van der Waals surface area contributed by atoms with Crippen LogP contribution in [0.4, 0.5) is 5.69 Å². The highest BCUT2D eigenvalue weighted by Crippen LogP contribution is 2.58. The maximum absolute atomic E-state index is 13.2. The van der Waals surface area contributed by atoms with E-state index in [9.17, 15) is 9.59 Å². The van der Waals surface area contributed by atoms with E-state index in [-0.39, 0.29) is 11.9 Å². The lowest BCUT2D eigenvalue weighted by Crippen LogP contribution is -2.55. The van der Waals surface area contributed by atoms with Crippen LogP contribution in [0.1, 0.15) is 51.7 Å². The number of thioether (sulfide) groups is 2. The van der Waals surface area contributed by atoms with Crippen LogP contribution in [0.5, 0.6) is 0 Å². The van der Waals surface area contributed by atoms with E-state index in [2.05, 4.69) is 0 Å². The van der Waals surface area contributed by atoms with Crippen molar-refractivity contribution in [3.63, 3.8) is 0 Å². The van der Waals surface area contributed by atoms with Crippen LogP contribution < -0.4 is 4.90 Å². The first-order valence-corrected chi connectivity index (χ1v) is 13.4. The molecule has 7 heteroatoms. The summed E-state index contributed by atoms with van der Waals surface area (Å²) < 4.78 is 6.33. The van der Waals surface area contributed by atoms with Gasteiger partial charge in [0.1, 0.15) is 4.91 Å². The molecule has 2 aliphatic heterocycles. The summed E-state index contributed by atoms with van der Waals surface area (Å²) >= 11 is 9.02. The number of esters is 1. The fraction of sp³-hybridized carbons (Fsp3) is 0.296. The Bertz CT molecular complexity index is 1210. The number of fused-ring (bicyclic) bond motifs is 1. The number of amides is 1. The van der Waals surface area contributed by atoms with Crippen molar-refractivity contribution in [3.05, 3.63) is 74.9 Å². The van der Waals surface area contributed by atoms with E-state index in [4.69, 9.17) is 17.0 Å². The minimum absolute atomic E-state index is 0.0633. The van der Waals surface area contributed by atoms with E-state index >= 15 is 0 Å². The SMILES string of the molecule is CCCC(=O)N1c2ccccc2C(=C2SC(C(=O)OCC)=C(c3ccccc3)S2)C(=S)C1(C)C. The Kier molecular flexibility index (Phi) is 7.36. The first-order chi connectivity index (χ1) is 16.3. The highest BCUT2D eigenvalue weighted by atomic mass is 32.2. The van der Waals surface area contributed by atoms with E-state index < -0.39 is 5.54 Å². The Morgan fingerprint density at radius 2 is 1.68 bits per heavy atom. The summed E-state index contributed by atoms with van der Waals surface area (Å²) in [5.74, 6) is -0.267. The van der Waals surface area contributed by atoms with Gasteiger partial charge in [-0.1, -0.05) is 91.2 Å². The molecule has 176 valence electrons. The van der Waals surface area contributed by atoms with Crippen LogP contribution >= 0.6 is 35.7 Å². The first-order valence-electron chi connectivity index (χ1n) is 11.3. The lowest BCUT2D eigenvalue weighted by Gasteiger charge is -2.45. The molecule has 2 heterocycles. The Hall–Kier alpha value is -2.35. The van der Waals surface area contributed by atoms with Gasteiger partial charge < -0.3 is 9.64 Å². The number of nitrogens with zero attached hydrogens (tertiary/aromatic N) is 1. The Morgan fingerprint density at radius 3 is 2.35 bits per heavy atom. The molecule has 2 aliphatic rings. The molecule has 0 aliphatic carbocycles. The molecule has 0 bridgehead atoms. The summed E-state index contributed by atoms with van der Waals surface area (Å²) in [5.41, 5.74) is 2.98. The third-order valence-electron chi connectivity index (χ3n) is 5.77. The lowest BCUT2D eigenvalue weighted by atomic mass is 9.83. The largest absolute Gasteiger partial charge is 0.462 e. The van der Waals surface area contributed by atoms with Crippen molar-refractivity contribution < 1.29 is 14.3 Å². The average Bonchev–Trinajstić information content (AvgIpc) is 3.26. The van der Waals surface area contributed by atoms with Gasteiger partial charge in [0.15, 0.2) is 0 Å². The van der Waals surface area contributed by atoms with E-state index in [0.717, 1.165) is 38.0 Å². The number of carbonyl (C=O) groups is 2. The maximum Gasteiger partial charge on any atom is 0.346 e. The third-order valence-corrected chi connectivity index (χ3v) is 9.10. The first kappa shape index (κ1) is 24.8. The van der Waals surface area contributed by atoms with E-state index in [1.165, 1.54) is 11.8 Å². The van der Waals surface area contributed by atoms with Crippen molar-refractivity contribution in [1.29, 1.82) is 0 Å². The Labute approximate surface area is 214 Å². The van der Waals surface area contributed by atoms with Gasteiger partial charge in [-0.15, -0.1) is 0 Å². The van der Waals surface area contributed by atoms with Gasteiger partial charge in [-0.3, -0.25) is 4.79 Å². The van der Waals surface area contributed by atoms with Gasteiger partial charge in [0.2, 0.25) is 5.91 Å². The number of hydrogen-bond donors (Lipinski definition) is 0. The van der Waals surface area contributed by atoms with Gasteiger partial charge >= 0.3 is 5.97 Å². The monoisotopic (exact) mass is 509 g/mol. The van der Waals surface area contributed by atoms with Crippen molar-refractivity contribution in [1.82, 2.24) is 0 Å². The number of thiocarbonyl (C=S) groups is 1. The highest BCUT2D eigenvalue weighted by Gasteiger charge is 2.45. The quantitative estimate of drug-likeness (QED) is 0.244. The number of benzene rings is 2. The third kappa shape index (κ3) is 4.37. The topological polar surface area (TPSA) is 46.6 Å². The molecule has 0 saturated heterocycles. The molecular formula is C27H27NO3S3. The molecule has 0 fully saturated rings. The zero-order valence-electron chi connectivity index (χ0n) is 19.7. The van der Waals surface area contributed by atoms with E-state index in [0.29, 0.717) is 22.8 Å². The van der Waals surface area contributed by atoms with Gasteiger partial charge in [-0.2, -0.15) is 0 Å². The molecule has 2 aromatic rings. The lowest BCUT2D eigenvalue weighted by molar-refractivity contribution is -0.137. The second-order valence-electron chi connectivity index (χ2n) is 8.50. The highest BCUT2D eigenvalue weighted by molar-refractivity contribution is 8.32. The van der Waals surface area contributed by atoms with Crippen molar-refractivity contribution in [2.24, 2.45) is 0 Å². The molecule has 2 aromatic carbocycles. The number of hydrogen-bond acceptors (Lipinski definition) is 6. The molecule has 34 heavy (non-hydrogen) atoms. The summed E-state index contributed by atoms with van der Waals surface area (Å²) in [6, 6.07) is 17.8. The molecule has 4 rings (SSSR count). The minimum Gasteiger partial charge on any atom is -0.462 e. The van der Waals surface area contributed by atoms with Crippen LogP contribution in [0.25, 0.3) is 10.5 Å². The molecule has 0 atom stereocenters. The predicted octanol–water partition coefficient (Wildman–Crippen LogP) is 7.06. The van der Waals surface area contributed by atoms with Crippen LogP contribution in [0.15, 0.2) is 63.7 Å². The van der Waals surface area contributed by atoms with Crippen LogP contribution in [-0.2, 0) is 14.3 Å². The van der Waals surface area contributed by atoms with Crippen LogP contribution in [-0.4, -0.2) is 28.9 Å². The summed E-state index contributed by atoms with van der Waals surface area (Å²) in [7, 11) is 0. The average molecular weight is 510 g/mol. The molecule has 0 N–H and O–H groups in total. The number of rotatable bonds is 5. The molecule has 0 radical (unpaired) electrons. The van der Waals surface area contributed by atoms with Gasteiger partial charge in [0, 0.05) is 22.5 Å². The standard InChI is InChI=1S/C27H27NO3S3/c1-5-12-20(29)28-19-16-11-10-15-18(19)21(24(32)27(28,3)4)26-33-22(17-13-8-7-9-14-17)23(34-26)25(30)31-6-2/h7-11,13-16H,5-6,12H2,1-4H3. The normalized spacial score (nSPS) is 19.3. The molecule has 1 amide bonds. The molecule has 0 unspecified atom stereocenters. The van der Waals surface area contributed by atoms with E-state index in [1.807, 2.05) is 87.2 Å².